The zero-order valence-corrected chi connectivity index (χ0v) is 22.2. The summed E-state index contributed by atoms with van der Waals surface area (Å²) in [5.41, 5.74) is 5.44. The van der Waals surface area contributed by atoms with Crippen LogP contribution in [0.4, 0.5) is 0 Å². The van der Waals surface area contributed by atoms with E-state index in [1.54, 1.807) is 0 Å². The quantitative estimate of drug-likeness (QED) is 0.0969. The van der Waals surface area contributed by atoms with Crippen LogP contribution in [-0.2, 0) is 0 Å². The molecule has 0 saturated heterocycles. The molecule has 0 unspecified atom stereocenters. The Morgan fingerprint density at radius 3 is 0.969 bits per heavy atom. The summed E-state index contributed by atoms with van der Waals surface area (Å²) in [4.78, 5) is 0. The summed E-state index contributed by atoms with van der Waals surface area (Å²) in [5.74, 6) is 0. The molecule has 0 aromatic rings. The summed E-state index contributed by atoms with van der Waals surface area (Å²) in [7, 11) is 0. The third-order valence-corrected chi connectivity index (χ3v) is 6.49. The van der Waals surface area contributed by atoms with Gasteiger partial charge in [-0.05, 0) is 13.0 Å². The molecule has 0 heterocycles. The lowest BCUT2D eigenvalue weighted by Gasteiger charge is -2.07. The highest BCUT2D eigenvalue weighted by molar-refractivity contribution is 4.56. The van der Waals surface area contributed by atoms with E-state index in [2.05, 4.69) is 22.9 Å². The maximum atomic E-state index is 5.44. The summed E-state index contributed by atoms with van der Waals surface area (Å²) < 4.78 is 0. The minimum atomic E-state index is 0.723. The molecule has 0 atom stereocenters. The second kappa shape index (κ2) is 30.8. The lowest BCUT2D eigenvalue weighted by molar-refractivity contribution is 0.518. The largest absolute Gasteiger partial charge is 0.329 e. The first kappa shape index (κ1) is 31.8. The van der Waals surface area contributed by atoms with Gasteiger partial charge in [0.1, 0.15) is 0 Å². The van der Waals surface area contributed by atoms with Gasteiger partial charge in [-0.15, -0.1) is 0 Å². The number of unbranched alkanes of at least 4 members (excludes halogenated alkanes) is 19. The van der Waals surface area contributed by atoms with Crippen molar-refractivity contribution in [3.05, 3.63) is 0 Å². The molecule has 0 spiro atoms. The van der Waals surface area contributed by atoms with Crippen molar-refractivity contribution in [2.75, 3.05) is 45.8 Å². The number of rotatable bonds is 29. The van der Waals surface area contributed by atoms with E-state index in [1.165, 1.54) is 135 Å². The van der Waals surface area contributed by atoms with Gasteiger partial charge in [0, 0.05) is 39.3 Å². The van der Waals surface area contributed by atoms with Gasteiger partial charge in [-0.1, -0.05) is 129 Å². The smallest absolute Gasteiger partial charge is 0.00772 e. The van der Waals surface area contributed by atoms with E-state index in [4.69, 9.17) is 5.73 Å². The van der Waals surface area contributed by atoms with E-state index in [0.717, 1.165) is 39.3 Å². The summed E-state index contributed by atoms with van der Waals surface area (Å²) in [5, 5.41) is 10.3. The number of nitrogens with one attached hydrogen (secondary N) is 3. The SMILES string of the molecule is CCCCCCCCCCCCCCCCCCCCCCNCCNCCNCCN. The van der Waals surface area contributed by atoms with Crippen LogP contribution < -0.4 is 21.7 Å². The summed E-state index contributed by atoms with van der Waals surface area (Å²) in [6.45, 7) is 9.29. The van der Waals surface area contributed by atoms with Gasteiger partial charge in [0.05, 0.1) is 0 Å². The van der Waals surface area contributed by atoms with Gasteiger partial charge in [0.2, 0.25) is 0 Å². The highest BCUT2D eigenvalue weighted by atomic mass is 15.0. The Kier molecular flexibility index (Phi) is 30.7. The van der Waals surface area contributed by atoms with Crippen LogP contribution in [0.3, 0.4) is 0 Å². The first-order valence-corrected chi connectivity index (χ1v) is 14.7. The lowest BCUT2D eigenvalue weighted by Crippen LogP contribution is -2.34. The summed E-state index contributed by atoms with van der Waals surface area (Å²) >= 11 is 0. The van der Waals surface area contributed by atoms with Crippen LogP contribution in [0.25, 0.3) is 0 Å². The van der Waals surface area contributed by atoms with E-state index in [-0.39, 0.29) is 0 Å². The van der Waals surface area contributed by atoms with Crippen molar-refractivity contribution in [1.82, 2.24) is 16.0 Å². The monoisotopic (exact) mass is 454 g/mol. The Morgan fingerprint density at radius 2 is 0.625 bits per heavy atom. The molecule has 0 rings (SSSR count). The van der Waals surface area contributed by atoms with Gasteiger partial charge in [-0.3, -0.25) is 0 Å². The average molecular weight is 455 g/mol. The van der Waals surface area contributed by atoms with E-state index < -0.39 is 0 Å². The molecular formula is C28H62N4. The Labute approximate surface area is 203 Å². The Balaban J connectivity index is 2.98. The van der Waals surface area contributed by atoms with E-state index in [9.17, 15) is 0 Å². The van der Waals surface area contributed by atoms with Gasteiger partial charge in [-0.25, -0.2) is 0 Å². The molecule has 0 bridgehead atoms. The van der Waals surface area contributed by atoms with Crippen LogP contribution in [0.1, 0.15) is 135 Å². The van der Waals surface area contributed by atoms with Gasteiger partial charge in [0.25, 0.3) is 0 Å². The molecule has 32 heavy (non-hydrogen) atoms. The molecular weight excluding hydrogens is 392 g/mol. The standard InChI is InChI=1S/C28H62N4/c1-2-3-4-5-6-7-8-9-10-11-12-13-14-15-16-17-18-19-20-21-23-30-25-27-32-28-26-31-24-22-29/h30-32H,2-29H2,1H3. The molecule has 0 aromatic heterocycles. The van der Waals surface area contributed by atoms with Crippen LogP contribution in [0.5, 0.6) is 0 Å². The van der Waals surface area contributed by atoms with Crippen molar-refractivity contribution in [2.24, 2.45) is 5.73 Å². The molecule has 4 nitrogen and oxygen atoms in total. The Morgan fingerprint density at radius 1 is 0.344 bits per heavy atom. The topological polar surface area (TPSA) is 62.1 Å². The Bertz CT molecular complexity index is 282. The maximum absolute atomic E-state index is 5.44. The zero-order chi connectivity index (χ0) is 23.2. The van der Waals surface area contributed by atoms with E-state index >= 15 is 0 Å². The predicted molar refractivity (Wildman–Crippen MR) is 146 cm³/mol. The van der Waals surface area contributed by atoms with Gasteiger partial charge < -0.3 is 21.7 Å². The highest BCUT2D eigenvalue weighted by Crippen LogP contribution is 2.14. The van der Waals surface area contributed by atoms with Crippen LogP contribution >= 0.6 is 0 Å². The van der Waals surface area contributed by atoms with Crippen LogP contribution in [0, 0.1) is 0 Å². The number of hydrogen-bond acceptors (Lipinski definition) is 4. The predicted octanol–water partition coefficient (Wildman–Crippen LogP) is 6.54. The first-order chi connectivity index (χ1) is 15.9. The van der Waals surface area contributed by atoms with E-state index in [1.807, 2.05) is 0 Å². The van der Waals surface area contributed by atoms with Crippen molar-refractivity contribution in [3.63, 3.8) is 0 Å². The van der Waals surface area contributed by atoms with Crippen LogP contribution in [-0.4, -0.2) is 45.8 Å². The van der Waals surface area contributed by atoms with Crippen LogP contribution in [0.15, 0.2) is 0 Å². The minimum absolute atomic E-state index is 0.723. The van der Waals surface area contributed by atoms with Crippen molar-refractivity contribution in [2.45, 2.75) is 135 Å². The fourth-order valence-electron chi connectivity index (χ4n) is 4.34. The maximum Gasteiger partial charge on any atom is 0.00772 e. The third kappa shape index (κ3) is 29.8. The first-order valence-electron chi connectivity index (χ1n) is 14.7. The Hall–Kier alpha value is -0.160. The number of hydrogen-bond donors (Lipinski definition) is 4. The van der Waals surface area contributed by atoms with Crippen molar-refractivity contribution < 1.29 is 0 Å². The average Bonchev–Trinajstić information content (AvgIpc) is 2.81. The molecule has 0 aliphatic heterocycles. The minimum Gasteiger partial charge on any atom is -0.329 e. The fraction of sp³-hybridized carbons (Fsp3) is 1.00. The van der Waals surface area contributed by atoms with Crippen molar-refractivity contribution in [1.29, 1.82) is 0 Å². The van der Waals surface area contributed by atoms with E-state index in [0.29, 0.717) is 0 Å². The molecule has 0 radical (unpaired) electrons. The normalized spacial score (nSPS) is 11.4. The second-order valence-electron chi connectivity index (χ2n) is 9.76. The third-order valence-electron chi connectivity index (χ3n) is 6.49. The second-order valence-corrected chi connectivity index (χ2v) is 9.76. The summed E-state index contributed by atoms with van der Waals surface area (Å²) in [6, 6.07) is 0. The molecule has 0 aromatic carbocycles. The molecule has 0 amide bonds. The highest BCUT2D eigenvalue weighted by Gasteiger charge is 1.96. The summed E-state index contributed by atoms with van der Waals surface area (Å²) in [6.07, 6.45) is 29.0. The molecule has 0 saturated carbocycles. The number of nitrogens with two attached hydrogens (primary N) is 1. The molecule has 0 fully saturated rings. The van der Waals surface area contributed by atoms with Gasteiger partial charge in [0.15, 0.2) is 0 Å². The molecule has 4 heteroatoms. The molecule has 194 valence electrons. The molecule has 0 aliphatic carbocycles. The van der Waals surface area contributed by atoms with Gasteiger partial charge in [-0.2, -0.15) is 0 Å². The van der Waals surface area contributed by atoms with Crippen molar-refractivity contribution in [3.8, 4) is 0 Å². The molecule has 0 aliphatic rings. The van der Waals surface area contributed by atoms with Crippen molar-refractivity contribution >= 4 is 0 Å². The fourth-order valence-corrected chi connectivity index (χ4v) is 4.34. The lowest BCUT2D eigenvalue weighted by atomic mass is 10.0. The molecule has 5 N–H and O–H groups in total. The zero-order valence-electron chi connectivity index (χ0n) is 22.2. The van der Waals surface area contributed by atoms with Gasteiger partial charge >= 0.3 is 0 Å². The van der Waals surface area contributed by atoms with Crippen LogP contribution in [0.2, 0.25) is 0 Å².